The van der Waals surface area contributed by atoms with Crippen molar-refractivity contribution < 1.29 is 37.5 Å². The van der Waals surface area contributed by atoms with E-state index in [0.717, 1.165) is 76.0 Å². The van der Waals surface area contributed by atoms with Gasteiger partial charge >= 0.3 is 0 Å². The molecule has 0 aliphatic carbocycles. The molecular weight excluding hydrogens is 1640 g/mol. The van der Waals surface area contributed by atoms with Crippen molar-refractivity contribution in [2.75, 3.05) is 32.3 Å². The lowest BCUT2D eigenvalue weighted by molar-refractivity contribution is 0.306. The Balaban J connectivity index is 0.000000260. The Hall–Kier alpha value is -4.78. The van der Waals surface area contributed by atoms with Gasteiger partial charge in [-0.2, -0.15) is 16.8 Å². The summed E-state index contributed by atoms with van der Waals surface area (Å²) >= 11 is 21.1. The predicted octanol–water partition coefficient (Wildman–Crippen LogP) is 16.5. The average Bonchev–Trinajstić information content (AvgIpc) is 0.865. The van der Waals surface area contributed by atoms with Crippen LogP contribution in [0.2, 0.25) is 78.6 Å². The molecule has 0 aliphatic rings. The van der Waals surface area contributed by atoms with Gasteiger partial charge in [0.2, 0.25) is 0 Å². The first-order chi connectivity index (χ1) is 49.5. The van der Waals surface area contributed by atoms with Gasteiger partial charge in [-0.15, -0.1) is 23.2 Å². The molecule has 0 radical (unpaired) electrons. The summed E-state index contributed by atoms with van der Waals surface area (Å²) in [6.45, 7) is 30.4. The van der Waals surface area contributed by atoms with E-state index >= 15 is 0 Å². The van der Waals surface area contributed by atoms with Gasteiger partial charge in [0.1, 0.15) is 0 Å². The Bertz CT molecular complexity index is 4090. The highest BCUT2D eigenvalue weighted by atomic mass is 35.5. The van der Waals surface area contributed by atoms with Crippen molar-refractivity contribution in [3.05, 3.63) is 188 Å². The van der Waals surface area contributed by atoms with Crippen LogP contribution in [-0.4, -0.2) is 159 Å². The number of hydrogen-bond donors (Lipinski definition) is 0. The predicted molar refractivity (Wildman–Crippen MR) is 436 cm³/mol. The molecule has 0 saturated heterocycles. The van der Waals surface area contributed by atoms with Crippen molar-refractivity contribution in [3.63, 3.8) is 0 Å². The summed E-state index contributed by atoms with van der Waals surface area (Å²) in [5, 5.41) is 16.1. The number of rotatable bonds is 38. The van der Waals surface area contributed by atoms with Crippen LogP contribution in [0.4, 0.5) is 0 Å². The van der Waals surface area contributed by atoms with Crippen molar-refractivity contribution in [2.45, 2.75) is 171 Å². The second kappa shape index (κ2) is 42.4. The largest absolute Gasteiger partial charge is 0.454 e. The third kappa shape index (κ3) is 34.4. The first-order valence-corrected chi connectivity index (χ1v) is 60.8. The molecule has 8 rings (SSSR count). The minimum atomic E-state index is -3.88. The van der Waals surface area contributed by atoms with Gasteiger partial charge in [-0.05, 0) is 139 Å². The second-order valence-electron chi connectivity index (χ2n) is 26.9. The van der Waals surface area contributed by atoms with Crippen LogP contribution in [0.25, 0.3) is 20.9 Å². The van der Waals surface area contributed by atoms with Crippen LogP contribution in [0.1, 0.15) is 44.5 Å². The maximum atomic E-state index is 12.4. The maximum absolute atomic E-state index is 12.4. The molecule has 0 amide bonds. The molecular formula is C62H86Cl2N18O9S8Si6. The van der Waals surface area contributed by atoms with E-state index < -0.39 is 70.1 Å². The van der Waals surface area contributed by atoms with Crippen LogP contribution in [0.3, 0.4) is 0 Å². The zero-order valence-electron chi connectivity index (χ0n) is 60.8. The molecule has 6 heterocycles. The molecule has 105 heavy (non-hydrogen) atoms. The van der Waals surface area contributed by atoms with Crippen LogP contribution in [0.15, 0.2) is 174 Å². The van der Waals surface area contributed by atoms with Crippen LogP contribution >= 0.6 is 93.8 Å². The van der Waals surface area contributed by atoms with Gasteiger partial charge in [-0.25, -0.2) is 59.8 Å². The fraction of sp³-hybridized carbons (Fsp3) is 0.419. The van der Waals surface area contributed by atoms with Gasteiger partial charge in [-0.3, -0.25) is 8.37 Å². The molecule has 43 heteroatoms. The number of nitrogens with zero attached hydrogens (tertiary/aromatic N) is 18. The van der Waals surface area contributed by atoms with Crippen molar-refractivity contribution in [1.29, 1.82) is 0 Å². The monoisotopic (exact) mass is 1720 g/mol. The van der Waals surface area contributed by atoms with E-state index in [9.17, 15) is 16.8 Å². The van der Waals surface area contributed by atoms with Crippen LogP contribution < -0.4 is 0 Å². The number of thioether (sulfide) groups is 6. The Kier molecular flexibility index (Phi) is 36.0. The lowest BCUT2D eigenvalue weighted by Crippen LogP contribution is -2.48. The van der Waals surface area contributed by atoms with Gasteiger partial charge < -0.3 is 12.3 Å². The third-order valence-corrected chi connectivity index (χ3v) is 52.8. The zero-order valence-corrected chi connectivity index (χ0v) is 74.8. The molecule has 2 aromatic carbocycles. The maximum Gasteiger partial charge on any atom is 0.297 e. The highest BCUT2D eigenvalue weighted by Gasteiger charge is 2.37. The van der Waals surface area contributed by atoms with E-state index in [4.69, 9.17) is 55.0 Å². The Morgan fingerprint density at radius 2 is 0.552 bits per heavy atom. The smallest absolute Gasteiger partial charge is 0.297 e. The number of benzene rings is 2. The van der Waals surface area contributed by atoms with E-state index in [1.54, 1.807) is 146 Å². The Morgan fingerprint density at radius 1 is 0.352 bits per heavy atom. The van der Waals surface area contributed by atoms with E-state index in [1.807, 2.05) is 13.8 Å². The first-order valence-electron chi connectivity index (χ1n) is 32.3. The average molecular weight is 1720 g/mol. The molecule has 0 aliphatic heterocycles. The summed E-state index contributed by atoms with van der Waals surface area (Å²) in [4.78, 5) is 58.0. The number of aromatic nitrogens is 12. The van der Waals surface area contributed by atoms with Crippen molar-refractivity contribution >= 4 is 164 Å². The van der Waals surface area contributed by atoms with Crippen molar-refractivity contribution in [1.82, 2.24) is 59.8 Å². The van der Waals surface area contributed by atoms with Gasteiger partial charge in [-0.1, -0.05) is 116 Å². The van der Waals surface area contributed by atoms with Gasteiger partial charge in [0.05, 0.1) is 47.9 Å². The van der Waals surface area contributed by atoms with E-state index in [-0.39, 0.29) is 36.1 Å². The van der Waals surface area contributed by atoms with E-state index in [2.05, 4.69) is 158 Å². The Morgan fingerprint density at radius 3 is 0.752 bits per heavy atom. The molecule has 0 spiro atoms. The number of hydrogen-bond acceptors (Lipinski definition) is 29. The van der Waals surface area contributed by atoms with Gasteiger partial charge in [0.15, 0.2) is 80.8 Å². The highest BCUT2D eigenvalue weighted by Crippen LogP contribution is 2.31. The van der Waals surface area contributed by atoms with Crippen LogP contribution in [0, 0.1) is 13.8 Å². The Labute approximate surface area is 657 Å². The summed E-state index contributed by atoms with van der Waals surface area (Å²) in [5.41, 5.74) is 23.2. The minimum Gasteiger partial charge on any atom is -0.454 e. The molecule has 0 saturated carbocycles. The fourth-order valence-corrected chi connectivity index (χ4v) is 46.5. The van der Waals surface area contributed by atoms with Crippen LogP contribution in [-0.2, 0) is 79.0 Å². The summed E-state index contributed by atoms with van der Waals surface area (Å²) in [6, 6.07) is 13.0. The SMILES string of the molecule is C[Si](C)(CSc1ncc(CCl)cn1)O[Si](C)(C)CSc1ncc(CCl)cn1.C[Si](C)(CSc1ncc(CN=[N+]=[N-])cn1)O[Si](C)(C)CSc1ncc(CN=[N+]=[N-])cn1.Cc1ccc(S(=O)(=O)OCc2cnc(SC[Si](C)(C)O[Si](C)(C)CSc3ncc(COS(=O)(=O)c4ccc(C)cc4)cn3)nc2)cc1. The lowest BCUT2D eigenvalue weighted by atomic mass is 10.2. The standard InChI is InChI=1S/C30H38N4O7S4Si2.C16H24Cl2N4OS2Si2.C16H24N10OS2Si2/c1-23-7-11-27(12-8-23)44(35,36)39-19-25-15-31-29(32-16-25)42-21-46(3,4)41-47(5,6)22-43-30-33-17-26(18-34-30)20-40-45(37,38)28-13-9-24(2)10-14-28;1-26(2,11-24-15-19-7-13(5-17)8-20-15)23-27(3,4)12-25-16-21-9-14(6-18)10-22-16;1-30(2,11-28-15-19-5-13(6-20-15)9-23-25-17)27-31(3,4)12-29-16-21-7-14(8-22-16)10-24-26-18/h7-18H,19-22H2,1-6H3;7-10H,5-6,11-12H2,1-4H3;5-8H,9-12H2,1-4H3. The molecule has 6 aromatic heterocycles. The summed E-state index contributed by atoms with van der Waals surface area (Å²) in [5.74, 6) is 0.869. The van der Waals surface area contributed by atoms with E-state index in [1.165, 1.54) is 47.8 Å². The molecule has 0 atom stereocenters. The number of azide groups is 2. The van der Waals surface area contributed by atoms with E-state index in [0.29, 0.717) is 43.5 Å². The molecule has 0 fully saturated rings. The van der Waals surface area contributed by atoms with Crippen molar-refractivity contribution in [2.24, 2.45) is 10.2 Å². The first kappa shape index (κ1) is 89.1. The van der Waals surface area contributed by atoms with Gasteiger partial charge in [0.25, 0.3) is 20.2 Å². The molecule has 8 aromatic rings. The quantitative estimate of drug-likeness (QED) is 0.00507. The zero-order chi connectivity index (χ0) is 77.0. The molecule has 27 nitrogen and oxygen atoms in total. The molecule has 0 unspecified atom stereocenters. The third-order valence-electron chi connectivity index (χ3n) is 13.4. The minimum absolute atomic E-state index is 0.105. The van der Waals surface area contributed by atoms with Gasteiger partial charge in [0, 0.05) is 139 Å². The lowest BCUT2D eigenvalue weighted by Gasteiger charge is -2.33. The normalized spacial score (nSPS) is 12.3. The number of halogens is 2. The number of aryl methyl sites for hydroxylation is 2. The summed E-state index contributed by atoms with van der Waals surface area (Å²) in [6.07, 6.45) is 20.2. The van der Waals surface area contributed by atoms with Crippen molar-refractivity contribution in [3.8, 4) is 0 Å². The second-order valence-corrected chi connectivity index (χ2v) is 65.1. The summed E-state index contributed by atoms with van der Waals surface area (Å²) < 4.78 is 80.2. The molecule has 0 bridgehead atoms. The van der Waals surface area contributed by atoms with Crippen LogP contribution in [0.5, 0.6) is 0 Å². The topological polar surface area (TPSA) is 367 Å². The molecule has 564 valence electrons. The molecule has 0 N–H and O–H groups in total. The highest BCUT2D eigenvalue weighted by molar-refractivity contribution is 8.02. The fourth-order valence-electron chi connectivity index (χ4n) is 8.87. The summed E-state index contributed by atoms with van der Waals surface area (Å²) in [7, 11) is -19.6. The number of alkyl halides is 2.